The molecule has 0 saturated carbocycles. The average molecular weight is 346 g/mol. The van der Waals surface area contributed by atoms with Gasteiger partial charge in [0.2, 0.25) is 5.91 Å². The number of nitrogens with zero attached hydrogens (tertiary/aromatic N) is 1. The number of hydrogen-bond acceptors (Lipinski definition) is 3. The smallest absolute Gasteiger partial charge is 0.234 e. The van der Waals surface area contributed by atoms with Crippen molar-refractivity contribution in [3.63, 3.8) is 0 Å². The van der Waals surface area contributed by atoms with Crippen molar-refractivity contribution in [2.75, 3.05) is 13.1 Å². The molecule has 0 aliphatic carbocycles. The van der Waals surface area contributed by atoms with Crippen molar-refractivity contribution in [2.45, 2.75) is 38.8 Å². The number of rotatable bonds is 5. The topological polar surface area (TPSA) is 32.3 Å². The minimum atomic E-state index is -0.261. The molecular formula is C19H23FN2OS. The molecule has 128 valence electrons. The van der Waals surface area contributed by atoms with Gasteiger partial charge in [-0.3, -0.25) is 9.69 Å². The van der Waals surface area contributed by atoms with Gasteiger partial charge in [-0.2, -0.15) is 0 Å². The zero-order valence-electron chi connectivity index (χ0n) is 14.1. The standard InChI is InChI=1S/C19H23FN2OS/c1-3-17-16-9-11-24-18(16)8-10-22(17)12-19(23)21-13(2)14-4-6-15(20)7-5-14/h4-7,9,11,13,17H,3,8,10,12H2,1-2H3,(H,21,23). The van der Waals surface area contributed by atoms with Crippen LogP contribution < -0.4 is 5.32 Å². The first-order valence-corrected chi connectivity index (χ1v) is 9.31. The highest BCUT2D eigenvalue weighted by atomic mass is 32.1. The summed E-state index contributed by atoms with van der Waals surface area (Å²) in [6, 6.07) is 8.68. The Morgan fingerprint density at radius 3 is 2.83 bits per heavy atom. The molecule has 0 bridgehead atoms. The quantitative estimate of drug-likeness (QED) is 0.885. The summed E-state index contributed by atoms with van der Waals surface area (Å²) in [5.74, 6) is -0.244. The number of carbonyl (C=O) groups excluding carboxylic acids is 1. The van der Waals surface area contributed by atoms with Gasteiger partial charge in [-0.05, 0) is 54.5 Å². The van der Waals surface area contributed by atoms with Crippen LogP contribution in [0.4, 0.5) is 4.39 Å². The van der Waals surface area contributed by atoms with E-state index in [1.54, 1.807) is 12.1 Å². The van der Waals surface area contributed by atoms with E-state index in [0.717, 1.165) is 24.9 Å². The summed E-state index contributed by atoms with van der Waals surface area (Å²) in [6.07, 6.45) is 2.02. The largest absolute Gasteiger partial charge is 0.348 e. The van der Waals surface area contributed by atoms with E-state index in [1.807, 2.05) is 18.3 Å². The fourth-order valence-electron chi connectivity index (χ4n) is 3.42. The van der Waals surface area contributed by atoms with Gasteiger partial charge in [0.1, 0.15) is 5.82 Å². The molecule has 1 aliphatic rings. The van der Waals surface area contributed by atoms with Crippen LogP contribution in [-0.2, 0) is 11.2 Å². The molecule has 3 rings (SSSR count). The Morgan fingerprint density at radius 2 is 2.12 bits per heavy atom. The second kappa shape index (κ2) is 7.45. The summed E-state index contributed by atoms with van der Waals surface area (Å²) in [4.78, 5) is 16.2. The van der Waals surface area contributed by atoms with E-state index in [-0.39, 0.29) is 17.8 Å². The number of amides is 1. The summed E-state index contributed by atoms with van der Waals surface area (Å²) < 4.78 is 13.0. The molecule has 3 nitrogen and oxygen atoms in total. The lowest BCUT2D eigenvalue weighted by molar-refractivity contribution is -0.123. The monoisotopic (exact) mass is 346 g/mol. The lowest BCUT2D eigenvalue weighted by Gasteiger charge is -2.35. The second-order valence-corrected chi connectivity index (χ2v) is 7.29. The normalized spacial score (nSPS) is 18.9. The maximum atomic E-state index is 13.0. The van der Waals surface area contributed by atoms with Crippen molar-refractivity contribution in [3.8, 4) is 0 Å². The fourth-order valence-corrected chi connectivity index (χ4v) is 4.35. The van der Waals surface area contributed by atoms with Crippen molar-refractivity contribution >= 4 is 17.2 Å². The Morgan fingerprint density at radius 1 is 1.38 bits per heavy atom. The lowest BCUT2D eigenvalue weighted by atomic mass is 9.98. The highest BCUT2D eigenvalue weighted by molar-refractivity contribution is 7.10. The lowest BCUT2D eigenvalue weighted by Crippen LogP contribution is -2.42. The van der Waals surface area contributed by atoms with E-state index < -0.39 is 0 Å². The van der Waals surface area contributed by atoms with Crippen molar-refractivity contribution in [2.24, 2.45) is 0 Å². The van der Waals surface area contributed by atoms with Gasteiger partial charge in [0.15, 0.2) is 0 Å². The molecule has 1 aliphatic heterocycles. The third kappa shape index (κ3) is 3.68. The van der Waals surface area contributed by atoms with Crippen LogP contribution in [0.25, 0.3) is 0 Å². The van der Waals surface area contributed by atoms with E-state index in [4.69, 9.17) is 0 Å². The average Bonchev–Trinajstić information content (AvgIpc) is 3.03. The van der Waals surface area contributed by atoms with E-state index >= 15 is 0 Å². The third-order valence-corrected chi connectivity index (χ3v) is 5.68. The molecule has 1 aromatic heterocycles. The van der Waals surface area contributed by atoms with Gasteiger partial charge in [-0.15, -0.1) is 11.3 Å². The van der Waals surface area contributed by atoms with E-state index in [1.165, 1.54) is 22.6 Å². The molecule has 1 amide bonds. The molecule has 2 heterocycles. The van der Waals surface area contributed by atoms with Gasteiger partial charge in [0.25, 0.3) is 0 Å². The Hall–Kier alpha value is -1.72. The number of nitrogens with one attached hydrogen (secondary N) is 1. The molecule has 2 unspecified atom stereocenters. The van der Waals surface area contributed by atoms with Crippen LogP contribution in [0, 0.1) is 5.82 Å². The molecular weight excluding hydrogens is 323 g/mol. The van der Waals surface area contributed by atoms with Crippen LogP contribution in [-0.4, -0.2) is 23.9 Å². The molecule has 24 heavy (non-hydrogen) atoms. The highest BCUT2D eigenvalue weighted by Crippen LogP contribution is 2.34. The first-order chi connectivity index (χ1) is 11.6. The van der Waals surface area contributed by atoms with E-state index in [0.29, 0.717) is 12.6 Å². The molecule has 0 fully saturated rings. The van der Waals surface area contributed by atoms with Crippen LogP contribution >= 0.6 is 11.3 Å². The molecule has 5 heteroatoms. The zero-order chi connectivity index (χ0) is 17.1. The van der Waals surface area contributed by atoms with Gasteiger partial charge < -0.3 is 5.32 Å². The first kappa shape index (κ1) is 17.1. The first-order valence-electron chi connectivity index (χ1n) is 8.43. The van der Waals surface area contributed by atoms with Gasteiger partial charge in [-0.25, -0.2) is 4.39 Å². The van der Waals surface area contributed by atoms with Crippen LogP contribution in [0.2, 0.25) is 0 Å². The summed E-state index contributed by atoms with van der Waals surface area (Å²) in [5.41, 5.74) is 2.30. The summed E-state index contributed by atoms with van der Waals surface area (Å²) in [5, 5.41) is 5.17. The van der Waals surface area contributed by atoms with Gasteiger partial charge in [0, 0.05) is 17.5 Å². The minimum Gasteiger partial charge on any atom is -0.348 e. The molecule has 1 aromatic carbocycles. The highest BCUT2D eigenvalue weighted by Gasteiger charge is 2.28. The molecule has 0 spiro atoms. The molecule has 2 aromatic rings. The second-order valence-electron chi connectivity index (χ2n) is 6.28. The third-order valence-electron chi connectivity index (χ3n) is 4.69. The maximum Gasteiger partial charge on any atom is 0.234 e. The van der Waals surface area contributed by atoms with Crippen molar-refractivity contribution in [1.82, 2.24) is 10.2 Å². The number of hydrogen-bond donors (Lipinski definition) is 1. The summed E-state index contributed by atoms with van der Waals surface area (Å²) in [7, 11) is 0. The molecule has 1 N–H and O–H groups in total. The predicted octanol–water partition coefficient (Wildman–Crippen LogP) is 4.07. The van der Waals surface area contributed by atoms with Gasteiger partial charge in [0.05, 0.1) is 12.6 Å². The Balaban J connectivity index is 1.61. The van der Waals surface area contributed by atoms with Gasteiger partial charge in [-0.1, -0.05) is 19.1 Å². The van der Waals surface area contributed by atoms with Crippen molar-refractivity contribution in [3.05, 3.63) is 57.5 Å². The van der Waals surface area contributed by atoms with Crippen LogP contribution in [0.3, 0.4) is 0 Å². The van der Waals surface area contributed by atoms with Crippen LogP contribution in [0.5, 0.6) is 0 Å². The number of halogens is 1. The van der Waals surface area contributed by atoms with Gasteiger partial charge >= 0.3 is 0 Å². The van der Waals surface area contributed by atoms with Crippen molar-refractivity contribution in [1.29, 1.82) is 0 Å². The Kier molecular flexibility index (Phi) is 5.31. The van der Waals surface area contributed by atoms with Crippen LogP contribution in [0.1, 0.15) is 48.4 Å². The Labute approximate surface area is 146 Å². The van der Waals surface area contributed by atoms with Crippen LogP contribution in [0.15, 0.2) is 35.7 Å². The Bertz CT molecular complexity index is 698. The maximum absolute atomic E-state index is 13.0. The summed E-state index contributed by atoms with van der Waals surface area (Å²) >= 11 is 1.82. The SMILES string of the molecule is CCC1c2ccsc2CCN1CC(=O)NC(C)c1ccc(F)cc1. The number of benzene rings is 1. The van der Waals surface area contributed by atoms with Crippen molar-refractivity contribution < 1.29 is 9.18 Å². The minimum absolute atomic E-state index is 0.0176. The number of thiophene rings is 1. The fraction of sp³-hybridized carbons (Fsp3) is 0.421. The zero-order valence-corrected chi connectivity index (χ0v) is 14.9. The van der Waals surface area contributed by atoms with E-state index in [9.17, 15) is 9.18 Å². The van der Waals surface area contributed by atoms with E-state index in [2.05, 4.69) is 28.6 Å². The molecule has 0 saturated heterocycles. The number of fused-ring (bicyclic) bond motifs is 1. The summed E-state index contributed by atoms with van der Waals surface area (Å²) in [6.45, 7) is 5.42. The molecule has 0 radical (unpaired) electrons. The number of carbonyl (C=O) groups is 1. The predicted molar refractivity (Wildman–Crippen MR) is 95.6 cm³/mol. The molecule has 2 atom stereocenters.